The second-order valence-corrected chi connectivity index (χ2v) is 24.4. The quantitative estimate of drug-likeness (QED) is 0.0397. The second-order valence-electron chi connectivity index (χ2n) is 23.6. The van der Waals surface area contributed by atoms with Crippen molar-refractivity contribution in [1.82, 2.24) is 40.3 Å². The molecule has 4 N–H and O–H groups in total. The molecule has 6 heterocycles. The van der Waals surface area contributed by atoms with E-state index in [0.29, 0.717) is 71.7 Å². The van der Waals surface area contributed by atoms with Gasteiger partial charge in [0, 0.05) is 88.0 Å². The van der Waals surface area contributed by atoms with Gasteiger partial charge >= 0.3 is 6.01 Å². The average Bonchev–Trinajstić information content (AvgIpc) is 3.94. The molecule has 3 fully saturated rings. The number of carbonyl (C=O) groups excluding carboxylic acids is 4. The highest BCUT2D eigenvalue weighted by atomic mass is 32.1. The molecule has 0 unspecified atom stereocenters. The SMILES string of the molecule is C=CC(=O)N1CCN(c2nc(O[C@H](C)CN3CCC(OCCOCCOCCOCC(=O)N[C@H](C(=O)N4C[C@H](O)C[C@H]4C(=O)N[C@@H](C)c4ccc(-c5scnc5C)cc4)C(C)(C)C)CC3)nc3c2CCN(c2cc(O)cc4ccccc24)C3)CC1. The summed E-state index contributed by atoms with van der Waals surface area (Å²) in [6.45, 7) is 22.9. The third kappa shape index (κ3) is 16.4. The molecule has 0 aliphatic carbocycles. The van der Waals surface area contributed by atoms with Crippen molar-refractivity contribution in [1.29, 1.82) is 0 Å². The molecule has 3 saturated heterocycles. The van der Waals surface area contributed by atoms with E-state index in [1.54, 1.807) is 17.4 Å². The molecule has 22 heteroatoms. The number of piperidine rings is 1. The number of anilines is 2. The zero-order valence-electron chi connectivity index (χ0n) is 50.0. The first-order valence-electron chi connectivity index (χ1n) is 29.8. The first-order chi connectivity index (χ1) is 40.9. The minimum Gasteiger partial charge on any atom is -0.508 e. The Balaban J connectivity index is 0.648. The Hall–Kier alpha value is -6.79. The number of aromatic hydroxyl groups is 1. The van der Waals surface area contributed by atoms with E-state index < -0.39 is 35.4 Å². The molecule has 4 aliphatic heterocycles. The number of piperazine rings is 1. The van der Waals surface area contributed by atoms with Crippen LogP contribution in [0, 0.1) is 12.3 Å². The predicted octanol–water partition coefficient (Wildman–Crippen LogP) is 5.83. The number of ether oxygens (including phenoxy) is 5. The number of β-amino-alcohol motifs (C(OH)–C–C–N with tert-alkyl or cyclic N) is 1. The van der Waals surface area contributed by atoms with E-state index in [2.05, 4.69) is 49.9 Å². The van der Waals surface area contributed by atoms with Crippen molar-refractivity contribution in [3.05, 3.63) is 101 Å². The van der Waals surface area contributed by atoms with Crippen LogP contribution in [0.4, 0.5) is 11.5 Å². The summed E-state index contributed by atoms with van der Waals surface area (Å²) in [7, 11) is 0. The fourth-order valence-corrected chi connectivity index (χ4v) is 12.5. The minimum atomic E-state index is -0.978. The zero-order valence-corrected chi connectivity index (χ0v) is 50.8. The number of aryl methyl sites for hydroxylation is 1. The van der Waals surface area contributed by atoms with E-state index >= 15 is 0 Å². The number of aliphatic hydroxyl groups excluding tert-OH is 1. The third-order valence-corrected chi connectivity index (χ3v) is 17.2. The van der Waals surface area contributed by atoms with Crippen LogP contribution in [0.1, 0.15) is 82.4 Å². The van der Waals surface area contributed by atoms with E-state index in [1.165, 1.54) is 11.0 Å². The number of amides is 4. The van der Waals surface area contributed by atoms with E-state index in [1.807, 2.05) is 93.6 Å². The monoisotopic (exact) mass is 1190 g/mol. The van der Waals surface area contributed by atoms with Crippen molar-refractivity contribution in [2.24, 2.45) is 5.41 Å². The van der Waals surface area contributed by atoms with Gasteiger partial charge in [-0.05, 0) is 74.1 Å². The van der Waals surface area contributed by atoms with Gasteiger partial charge in [-0.1, -0.05) is 75.9 Å². The number of thiazole rings is 1. The molecule has 9 rings (SSSR count). The molecule has 2 aromatic heterocycles. The van der Waals surface area contributed by atoms with Gasteiger partial charge in [-0.15, -0.1) is 11.3 Å². The van der Waals surface area contributed by atoms with Gasteiger partial charge in [0.15, 0.2) is 0 Å². The molecule has 5 aromatic rings. The highest BCUT2D eigenvalue weighted by Gasteiger charge is 2.45. The number of phenolic OH excluding ortho intramolecular Hbond substituents is 1. The maximum atomic E-state index is 14.1. The Morgan fingerprint density at radius 1 is 0.859 bits per heavy atom. The Labute approximate surface area is 502 Å². The molecule has 4 amide bonds. The smallest absolute Gasteiger partial charge is 0.318 e. The topological polar surface area (TPSA) is 234 Å². The number of carbonyl (C=O) groups is 4. The second kappa shape index (κ2) is 29.1. The Kier molecular flexibility index (Phi) is 21.5. The van der Waals surface area contributed by atoms with Crippen LogP contribution < -0.4 is 25.2 Å². The lowest BCUT2D eigenvalue weighted by Gasteiger charge is -2.38. The summed E-state index contributed by atoms with van der Waals surface area (Å²) < 4.78 is 29.8. The van der Waals surface area contributed by atoms with Gasteiger partial charge < -0.3 is 64.1 Å². The number of fused-ring (bicyclic) bond motifs is 2. The molecule has 5 atom stereocenters. The summed E-state index contributed by atoms with van der Waals surface area (Å²) in [5.41, 5.74) is 6.94. The molecule has 4 aliphatic rings. The first kappa shape index (κ1) is 62.7. The lowest BCUT2D eigenvalue weighted by Crippen LogP contribution is -2.58. The summed E-state index contributed by atoms with van der Waals surface area (Å²) in [5, 5.41) is 29.2. The van der Waals surface area contributed by atoms with Crippen molar-refractivity contribution >= 4 is 57.2 Å². The molecular formula is C63H84N10O11S. The van der Waals surface area contributed by atoms with Crippen LogP contribution in [0.2, 0.25) is 0 Å². The molecule has 458 valence electrons. The fourth-order valence-electron chi connectivity index (χ4n) is 11.6. The van der Waals surface area contributed by atoms with E-state index in [-0.39, 0.29) is 68.6 Å². The Morgan fingerprint density at radius 3 is 2.26 bits per heavy atom. The van der Waals surface area contributed by atoms with Crippen molar-refractivity contribution in [2.75, 3.05) is 115 Å². The van der Waals surface area contributed by atoms with Gasteiger partial charge in [-0.2, -0.15) is 9.97 Å². The highest BCUT2D eigenvalue weighted by Crippen LogP contribution is 2.37. The molecule has 0 radical (unpaired) electrons. The van der Waals surface area contributed by atoms with E-state index in [4.69, 9.17) is 33.7 Å². The van der Waals surface area contributed by atoms with Crippen LogP contribution in [0.3, 0.4) is 0 Å². The fraction of sp³-hybridized carbons (Fsp3) is 0.540. The number of benzene rings is 3. The number of rotatable bonds is 25. The number of phenols is 1. The van der Waals surface area contributed by atoms with Gasteiger partial charge in [0.05, 0.1) is 86.2 Å². The van der Waals surface area contributed by atoms with Crippen LogP contribution in [-0.2, 0) is 51.1 Å². The summed E-state index contributed by atoms with van der Waals surface area (Å²) in [5.74, 6) is -0.298. The number of aliphatic hydroxyl groups is 1. The summed E-state index contributed by atoms with van der Waals surface area (Å²) in [6, 6.07) is 17.7. The first-order valence-corrected chi connectivity index (χ1v) is 30.7. The zero-order chi connectivity index (χ0) is 60.2. The predicted molar refractivity (Wildman–Crippen MR) is 326 cm³/mol. The van der Waals surface area contributed by atoms with Gasteiger partial charge in [0.2, 0.25) is 23.6 Å². The largest absolute Gasteiger partial charge is 0.508 e. The highest BCUT2D eigenvalue weighted by molar-refractivity contribution is 7.13. The van der Waals surface area contributed by atoms with Gasteiger partial charge in [-0.3, -0.25) is 24.1 Å². The molecule has 85 heavy (non-hydrogen) atoms. The average molecular weight is 1190 g/mol. The molecule has 0 spiro atoms. The third-order valence-electron chi connectivity index (χ3n) is 16.2. The molecule has 0 bridgehead atoms. The maximum Gasteiger partial charge on any atom is 0.318 e. The number of aromatic nitrogens is 3. The van der Waals surface area contributed by atoms with Gasteiger partial charge in [-0.25, -0.2) is 4.98 Å². The summed E-state index contributed by atoms with van der Waals surface area (Å²) >= 11 is 1.57. The van der Waals surface area contributed by atoms with E-state index in [9.17, 15) is 29.4 Å². The van der Waals surface area contributed by atoms with E-state index in [0.717, 1.165) is 94.1 Å². The Bertz CT molecular complexity index is 3090. The standard InChI is InChI=1S/C63H84N10O11S/c1-8-56(77)70-23-25-71(26-24-70)59-51-19-22-72(53-34-47(74)33-46-11-9-10-12-50(46)53)38-52(51)66-62(68-59)84-41(2)36-69-20-17-49(18-21-69)83-32-31-81-28-27-80-29-30-82-39-55(76)67-58(63(5,6)7)61(79)73-37-48(75)35-54(73)60(78)65-42(3)44-13-15-45(16-14-44)57-43(4)64-40-85-57/h8-16,33-34,40-42,48-49,54,58,74-75H,1,17-32,35-39H2,2-7H3,(H,65,78)(H,67,76)/t41-,42+,48-,54+,58-/m1/s1. The normalized spacial score (nSPS) is 18.9. The minimum absolute atomic E-state index is 0.0252. The number of hydrogen-bond donors (Lipinski definition) is 4. The summed E-state index contributed by atoms with van der Waals surface area (Å²) in [6.07, 6.45) is 2.99. The van der Waals surface area contributed by atoms with Crippen LogP contribution in [0.15, 0.2) is 78.8 Å². The van der Waals surface area contributed by atoms with Crippen molar-refractivity contribution in [2.45, 2.75) is 110 Å². The maximum absolute atomic E-state index is 14.1. The number of likely N-dealkylation sites (tertiary alicyclic amines) is 2. The molecule has 21 nitrogen and oxygen atoms in total. The van der Waals surface area contributed by atoms with Crippen molar-refractivity contribution < 1.29 is 53.1 Å². The van der Waals surface area contributed by atoms with Crippen LogP contribution in [0.25, 0.3) is 21.2 Å². The van der Waals surface area contributed by atoms with Crippen LogP contribution in [0.5, 0.6) is 11.8 Å². The number of nitrogens with one attached hydrogen (secondary N) is 2. The van der Waals surface area contributed by atoms with Gasteiger partial charge in [0.1, 0.15) is 36.4 Å². The lowest BCUT2D eigenvalue weighted by atomic mass is 9.85. The molecule has 0 saturated carbocycles. The number of nitrogens with zero attached hydrogens (tertiary/aromatic N) is 8. The van der Waals surface area contributed by atoms with Gasteiger partial charge in [0.25, 0.3) is 0 Å². The Morgan fingerprint density at radius 2 is 1.56 bits per heavy atom. The van der Waals surface area contributed by atoms with Crippen molar-refractivity contribution in [3.63, 3.8) is 0 Å². The molecular weight excluding hydrogens is 1100 g/mol. The lowest BCUT2D eigenvalue weighted by molar-refractivity contribution is -0.144. The number of hydrogen-bond acceptors (Lipinski definition) is 18. The van der Waals surface area contributed by atoms with Crippen molar-refractivity contribution in [3.8, 4) is 22.2 Å². The molecule has 3 aromatic carbocycles. The van der Waals surface area contributed by atoms with Crippen LogP contribution >= 0.6 is 11.3 Å². The van der Waals surface area contributed by atoms with Crippen LogP contribution in [-0.4, -0.2) is 199 Å². The summed E-state index contributed by atoms with van der Waals surface area (Å²) in [4.78, 5) is 78.9.